The monoisotopic (exact) mass is 696 g/mol. The lowest BCUT2D eigenvalue weighted by molar-refractivity contribution is 0.0781. The molecule has 1 fully saturated rings. The quantitative estimate of drug-likeness (QED) is 0.144. The highest BCUT2D eigenvalue weighted by Crippen LogP contribution is 2.30. The van der Waals surface area contributed by atoms with Crippen LogP contribution in [-0.2, 0) is 11.8 Å². The number of piperidine rings is 1. The molecule has 1 aliphatic rings. The standard InChI is InChI=1S/C40H46Cl2N6O/c1-40(2,3)31-14-11-27(12-15-31)38(49)47(4)26-30(28-13-16-34(41)35(42)25-28)17-21-48-22-18-32(19-23-48)44-39-45-36-10-7-8-29(37(36)46-39)24-33-9-5-6-20-43-33/h5-16,20,25,30,32H,17-19,21-24,26H2,1-4H3,(H2,44,45,46). The zero-order valence-electron chi connectivity index (χ0n) is 28.8. The van der Waals surface area contributed by atoms with E-state index in [1.54, 1.807) is 0 Å². The minimum absolute atomic E-state index is 0.0202. The smallest absolute Gasteiger partial charge is 0.253 e. The van der Waals surface area contributed by atoms with E-state index in [4.69, 9.17) is 28.2 Å². The van der Waals surface area contributed by atoms with Gasteiger partial charge >= 0.3 is 0 Å². The van der Waals surface area contributed by atoms with Crippen molar-refractivity contribution in [3.05, 3.63) is 123 Å². The maximum atomic E-state index is 13.5. The number of anilines is 1. The van der Waals surface area contributed by atoms with Crippen molar-refractivity contribution < 1.29 is 4.79 Å². The summed E-state index contributed by atoms with van der Waals surface area (Å²) < 4.78 is 0. The minimum atomic E-state index is 0.0202. The Morgan fingerprint density at radius 1 is 1.00 bits per heavy atom. The summed E-state index contributed by atoms with van der Waals surface area (Å²) in [4.78, 5) is 30.8. The number of hydrogen-bond acceptors (Lipinski definition) is 5. The number of para-hydroxylation sites is 1. The molecule has 6 rings (SSSR count). The number of H-pyrrole nitrogens is 1. The third-order valence-electron chi connectivity index (χ3n) is 9.67. The molecule has 0 radical (unpaired) electrons. The second kappa shape index (κ2) is 15.3. The topological polar surface area (TPSA) is 77.2 Å². The number of nitrogens with one attached hydrogen (secondary N) is 2. The normalized spacial score (nSPS) is 15.0. The van der Waals surface area contributed by atoms with Gasteiger partial charge in [-0.1, -0.05) is 80.4 Å². The summed E-state index contributed by atoms with van der Waals surface area (Å²) in [6.07, 6.45) is 5.54. The van der Waals surface area contributed by atoms with Crippen LogP contribution in [-0.4, -0.2) is 69.9 Å². The molecule has 256 valence electrons. The number of hydrogen-bond donors (Lipinski definition) is 2. The Bertz CT molecular complexity index is 1860. The van der Waals surface area contributed by atoms with Gasteiger partial charge in [0.1, 0.15) is 0 Å². The van der Waals surface area contributed by atoms with Crippen molar-refractivity contribution in [1.82, 2.24) is 24.8 Å². The van der Waals surface area contributed by atoms with Crippen LogP contribution in [0.2, 0.25) is 10.0 Å². The van der Waals surface area contributed by atoms with Crippen LogP contribution in [0.5, 0.6) is 0 Å². The van der Waals surface area contributed by atoms with Crippen LogP contribution < -0.4 is 5.32 Å². The van der Waals surface area contributed by atoms with Crippen LogP contribution in [0.25, 0.3) is 11.0 Å². The van der Waals surface area contributed by atoms with Gasteiger partial charge in [0.15, 0.2) is 0 Å². The van der Waals surface area contributed by atoms with Crippen LogP contribution in [0.4, 0.5) is 5.95 Å². The van der Waals surface area contributed by atoms with E-state index in [0.29, 0.717) is 28.2 Å². The Morgan fingerprint density at radius 3 is 2.47 bits per heavy atom. The Balaban J connectivity index is 1.06. The highest BCUT2D eigenvalue weighted by Gasteiger charge is 2.24. The number of halogens is 2. The van der Waals surface area contributed by atoms with Crippen LogP contribution in [0.1, 0.15) is 78.7 Å². The van der Waals surface area contributed by atoms with Crippen molar-refractivity contribution in [3.63, 3.8) is 0 Å². The van der Waals surface area contributed by atoms with Crippen molar-refractivity contribution in [2.45, 2.75) is 63.8 Å². The first kappa shape index (κ1) is 34.9. The van der Waals surface area contributed by atoms with Gasteiger partial charge in [-0.05, 0) is 90.4 Å². The van der Waals surface area contributed by atoms with Gasteiger partial charge in [-0.3, -0.25) is 9.78 Å². The van der Waals surface area contributed by atoms with Crippen molar-refractivity contribution in [3.8, 4) is 0 Å². The molecular formula is C40H46Cl2N6O. The van der Waals surface area contributed by atoms with Crippen LogP contribution in [0.3, 0.4) is 0 Å². The highest BCUT2D eigenvalue weighted by atomic mass is 35.5. The number of benzene rings is 3. The molecule has 1 aliphatic heterocycles. The summed E-state index contributed by atoms with van der Waals surface area (Å²) in [5.41, 5.74) is 7.27. The van der Waals surface area contributed by atoms with Gasteiger partial charge < -0.3 is 20.1 Å². The number of carbonyl (C=O) groups excluding carboxylic acids is 1. The molecule has 1 unspecified atom stereocenters. The molecule has 5 aromatic rings. The molecule has 3 heterocycles. The van der Waals surface area contributed by atoms with E-state index in [0.717, 1.165) is 79.1 Å². The largest absolute Gasteiger partial charge is 0.353 e. The molecule has 0 aliphatic carbocycles. The molecule has 2 aromatic heterocycles. The third-order valence-corrected chi connectivity index (χ3v) is 10.4. The molecule has 7 nitrogen and oxygen atoms in total. The van der Waals surface area contributed by atoms with Crippen molar-refractivity contribution in [2.24, 2.45) is 0 Å². The number of fused-ring (bicyclic) bond motifs is 1. The molecule has 0 bridgehead atoms. The molecule has 0 saturated carbocycles. The molecule has 9 heteroatoms. The van der Waals surface area contributed by atoms with E-state index in [-0.39, 0.29) is 17.2 Å². The Labute approximate surface area is 300 Å². The van der Waals surface area contributed by atoms with Gasteiger partial charge in [0.25, 0.3) is 5.91 Å². The van der Waals surface area contributed by atoms with Gasteiger partial charge in [-0.25, -0.2) is 4.98 Å². The third kappa shape index (κ3) is 8.82. The Kier molecular flexibility index (Phi) is 10.9. The maximum absolute atomic E-state index is 13.5. The second-order valence-corrected chi connectivity index (χ2v) is 15.1. The van der Waals surface area contributed by atoms with E-state index in [2.05, 4.69) is 77.4 Å². The molecule has 0 spiro atoms. The fraction of sp³-hybridized carbons (Fsp3) is 0.375. The lowest BCUT2D eigenvalue weighted by atomic mass is 9.86. The number of likely N-dealkylation sites (N-methyl/N-ethyl adjacent to an activating group) is 1. The van der Waals surface area contributed by atoms with E-state index >= 15 is 0 Å². The number of pyridine rings is 1. The fourth-order valence-electron chi connectivity index (χ4n) is 6.71. The SMILES string of the molecule is CN(CC(CCN1CCC(Nc2nc3c(Cc4ccccn4)cccc3[nH]2)CC1)c1ccc(Cl)c(Cl)c1)C(=O)c1ccc(C(C)(C)C)cc1. The average molecular weight is 698 g/mol. The van der Waals surface area contributed by atoms with Crippen LogP contribution >= 0.6 is 23.2 Å². The van der Waals surface area contributed by atoms with Gasteiger partial charge in [-0.2, -0.15) is 0 Å². The number of nitrogens with zero attached hydrogens (tertiary/aromatic N) is 4. The number of rotatable bonds is 11. The fourth-order valence-corrected chi connectivity index (χ4v) is 7.02. The molecule has 1 amide bonds. The van der Waals surface area contributed by atoms with Crippen molar-refractivity contribution >= 4 is 46.1 Å². The number of aromatic amines is 1. The number of amides is 1. The second-order valence-electron chi connectivity index (χ2n) is 14.3. The van der Waals surface area contributed by atoms with E-state index in [1.807, 2.05) is 60.6 Å². The summed E-state index contributed by atoms with van der Waals surface area (Å²) in [5, 5.41) is 4.75. The lowest BCUT2D eigenvalue weighted by Crippen LogP contribution is -2.40. The predicted octanol–water partition coefficient (Wildman–Crippen LogP) is 8.98. The zero-order valence-corrected chi connectivity index (χ0v) is 30.4. The highest BCUT2D eigenvalue weighted by molar-refractivity contribution is 6.42. The molecule has 49 heavy (non-hydrogen) atoms. The summed E-state index contributed by atoms with van der Waals surface area (Å²) in [6, 6.07) is 26.5. The Hall–Kier alpha value is -3.91. The number of likely N-dealkylation sites (tertiary alicyclic amines) is 1. The number of aromatic nitrogens is 3. The zero-order chi connectivity index (χ0) is 34.5. The predicted molar refractivity (Wildman–Crippen MR) is 202 cm³/mol. The van der Waals surface area contributed by atoms with Crippen molar-refractivity contribution in [1.29, 1.82) is 0 Å². The lowest BCUT2D eigenvalue weighted by Gasteiger charge is -2.34. The first-order valence-corrected chi connectivity index (χ1v) is 18.0. The summed E-state index contributed by atoms with van der Waals surface area (Å²) in [7, 11) is 1.89. The Morgan fingerprint density at radius 2 is 1.78 bits per heavy atom. The maximum Gasteiger partial charge on any atom is 0.253 e. The van der Waals surface area contributed by atoms with Gasteiger partial charge in [0.05, 0.1) is 21.1 Å². The van der Waals surface area contributed by atoms with E-state index in [9.17, 15) is 4.79 Å². The van der Waals surface area contributed by atoms with Crippen molar-refractivity contribution in [2.75, 3.05) is 38.5 Å². The minimum Gasteiger partial charge on any atom is -0.353 e. The summed E-state index contributed by atoms with van der Waals surface area (Å²) in [6.45, 7) is 10.0. The molecule has 3 aromatic carbocycles. The van der Waals surface area contributed by atoms with Crippen LogP contribution in [0, 0.1) is 0 Å². The summed E-state index contributed by atoms with van der Waals surface area (Å²) >= 11 is 12.7. The van der Waals surface area contributed by atoms with Gasteiger partial charge in [0.2, 0.25) is 5.95 Å². The van der Waals surface area contributed by atoms with E-state index < -0.39 is 0 Å². The molecular weight excluding hydrogens is 651 g/mol. The first-order valence-electron chi connectivity index (χ1n) is 17.2. The van der Waals surface area contributed by atoms with Gasteiger partial charge in [-0.15, -0.1) is 0 Å². The molecule has 1 atom stereocenters. The summed E-state index contributed by atoms with van der Waals surface area (Å²) in [5.74, 6) is 0.957. The first-order chi connectivity index (χ1) is 23.5. The van der Waals surface area contributed by atoms with E-state index in [1.165, 1.54) is 5.56 Å². The molecule has 2 N–H and O–H groups in total. The number of imidazole rings is 1. The average Bonchev–Trinajstić information content (AvgIpc) is 3.52. The van der Waals surface area contributed by atoms with Crippen LogP contribution in [0.15, 0.2) is 85.1 Å². The number of carbonyl (C=O) groups is 1. The molecule has 1 saturated heterocycles. The van der Waals surface area contributed by atoms with Gasteiger partial charge in [0, 0.05) is 62.5 Å².